The smallest absolute Gasteiger partial charge is 0.126 e. The van der Waals surface area contributed by atoms with Gasteiger partial charge in [0.1, 0.15) is 11.6 Å². The quantitative estimate of drug-likeness (QED) is 0.878. The van der Waals surface area contributed by atoms with Crippen molar-refractivity contribution < 1.29 is 19.0 Å². The number of aliphatic hydroxyl groups is 2. The maximum absolute atomic E-state index is 13.1. The molecule has 1 fully saturated rings. The van der Waals surface area contributed by atoms with Crippen LogP contribution < -0.4 is 0 Å². The van der Waals surface area contributed by atoms with Crippen LogP contribution in [0.1, 0.15) is 43.8 Å². The van der Waals surface area contributed by atoms with Gasteiger partial charge in [-0.1, -0.05) is 12.8 Å². The maximum Gasteiger partial charge on any atom is 0.126 e. The van der Waals surface area contributed by atoms with Crippen LogP contribution in [0.3, 0.4) is 0 Å². The number of hydrogen-bond donors (Lipinski definition) is 2. The van der Waals surface area contributed by atoms with Crippen LogP contribution in [0.15, 0.2) is 18.2 Å². The number of nitrogens with zero attached hydrogens (tertiary/aromatic N) is 1. The lowest BCUT2D eigenvalue weighted by Crippen LogP contribution is -2.43. The highest BCUT2D eigenvalue weighted by molar-refractivity contribution is 5.20. The molecule has 21 heavy (non-hydrogen) atoms. The zero-order valence-corrected chi connectivity index (χ0v) is 12.3. The average molecular weight is 299 g/mol. The lowest BCUT2D eigenvalue weighted by molar-refractivity contribution is 0.0252. The van der Waals surface area contributed by atoms with E-state index in [9.17, 15) is 19.0 Å². The fraction of sp³-hybridized carbons (Fsp3) is 0.625. The van der Waals surface area contributed by atoms with Crippen molar-refractivity contribution in [1.82, 2.24) is 4.90 Å². The van der Waals surface area contributed by atoms with Gasteiger partial charge in [-0.2, -0.15) is 0 Å². The van der Waals surface area contributed by atoms with Crippen LogP contribution in [0.2, 0.25) is 0 Å². The molecule has 0 spiro atoms. The van der Waals surface area contributed by atoms with Gasteiger partial charge in [0.05, 0.1) is 12.2 Å². The molecule has 0 heterocycles. The van der Waals surface area contributed by atoms with Crippen LogP contribution in [0.4, 0.5) is 8.78 Å². The zero-order valence-electron chi connectivity index (χ0n) is 12.3. The number of likely N-dealkylation sites (N-methyl/N-ethyl adjacent to an activating group) is 1. The molecule has 118 valence electrons. The molecule has 2 N–H and O–H groups in total. The van der Waals surface area contributed by atoms with Gasteiger partial charge in [-0.3, -0.25) is 0 Å². The summed E-state index contributed by atoms with van der Waals surface area (Å²) in [6, 6.07) is 3.21. The van der Waals surface area contributed by atoms with Crippen LogP contribution in [-0.4, -0.2) is 40.9 Å². The third kappa shape index (κ3) is 4.46. The van der Waals surface area contributed by atoms with Crippen LogP contribution in [0.25, 0.3) is 0 Å². The van der Waals surface area contributed by atoms with Crippen LogP contribution >= 0.6 is 0 Å². The van der Waals surface area contributed by atoms with Crippen molar-refractivity contribution in [2.75, 3.05) is 13.6 Å². The van der Waals surface area contributed by atoms with Gasteiger partial charge < -0.3 is 15.1 Å². The minimum Gasteiger partial charge on any atom is -0.391 e. The van der Waals surface area contributed by atoms with Crippen molar-refractivity contribution in [2.45, 2.75) is 50.4 Å². The summed E-state index contributed by atoms with van der Waals surface area (Å²) in [6.45, 7) is 0.570. The van der Waals surface area contributed by atoms with Crippen molar-refractivity contribution in [2.24, 2.45) is 0 Å². The van der Waals surface area contributed by atoms with E-state index in [1.54, 1.807) is 0 Å². The zero-order chi connectivity index (χ0) is 15.4. The Balaban J connectivity index is 1.89. The normalized spacial score (nSPS) is 24.3. The summed E-state index contributed by atoms with van der Waals surface area (Å²) in [5.41, 5.74) is 0.255. The number of benzene rings is 1. The molecule has 1 saturated carbocycles. The summed E-state index contributed by atoms with van der Waals surface area (Å²) in [7, 11) is 1.91. The van der Waals surface area contributed by atoms with Gasteiger partial charge in [0, 0.05) is 18.7 Å². The summed E-state index contributed by atoms with van der Waals surface area (Å²) in [5.74, 6) is -1.36. The molecular weight excluding hydrogens is 276 g/mol. The molecule has 1 aliphatic carbocycles. The topological polar surface area (TPSA) is 43.7 Å². The van der Waals surface area contributed by atoms with Crippen LogP contribution in [0, 0.1) is 11.6 Å². The summed E-state index contributed by atoms with van der Waals surface area (Å²) < 4.78 is 26.3. The fourth-order valence-electron chi connectivity index (χ4n) is 3.03. The van der Waals surface area contributed by atoms with E-state index in [1.807, 2.05) is 11.9 Å². The Kier molecular flexibility index (Phi) is 5.67. The highest BCUT2D eigenvalue weighted by Crippen LogP contribution is 2.24. The minimum atomic E-state index is -0.904. The van der Waals surface area contributed by atoms with Crippen molar-refractivity contribution >= 4 is 0 Å². The largest absolute Gasteiger partial charge is 0.391 e. The molecule has 3 atom stereocenters. The number of hydrogen-bond acceptors (Lipinski definition) is 3. The van der Waals surface area contributed by atoms with Crippen molar-refractivity contribution in [1.29, 1.82) is 0 Å². The Labute approximate surface area is 124 Å². The van der Waals surface area contributed by atoms with E-state index in [1.165, 1.54) is 0 Å². The monoisotopic (exact) mass is 299 g/mol. The first-order valence-corrected chi connectivity index (χ1v) is 7.49. The molecule has 5 heteroatoms. The summed E-state index contributed by atoms with van der Waals surface area (Å²) in [5, 5.41) is 20.1. The van der Waals surface area contributed by atoms with E-state index in [0.29, 0.717) is 13.0 Å². The first-order valence-electron chi connectivity index (χ1n) is 7.49. The third-order valence-electron chi connectivity index (χ3n) is 4.28. The fourth-order valence-corrected chi connectivity index (χ4v) is 3.03. The molecule has 1 aliphatic rings. The third-order valence-corrected chi connectivity index (χ3v) is 4.28. The summed E-state index contributed by atoms with van der Waals surface area (Å²) in [4.78, 5) is 2.03. The second-order valence-corrected chi connectivity index (χ2v) is 5.91. The lowest BCUT2D eigenvalue weighted by Gasteiger charge is -2.35. The molecule has 3 unspecified atom stereocenters. The van der Waals surface area contributed by atoms with Crippen molar-refractivity contribution in [3.05, 3.63) is 35.4 Å². The average Bonchev–Trinajstić information content (AvgIpc) is 2.43. The standard InChI is InChI=1S/C16H23F2NO2/c1-19(14-4-2-3-5-16(14)21)7-6-15(20)11-8-12(17)10-13(18)9-11/h8-10,14-16,20-21H,2-7H2,1H3. The van der Waals surface area contributed by atoms with E-state index < -0.39 is 17.7 Å². The number of halogens is 2. The highest BCUT2D eigenvalue weighted by Gasteiger charge is 2.26. The molecule has 0 aromatic heterocycles. The first kappa shape index (κ1) is 16.3. The predicted molar refractivity (Wildman–Crippen MR) is 76.8 cm³/mol. The van der Waals surface area contributed by atoms with Gasteiger partial charge >= 0.3 is 0 Å². The Morgan fingerprint density at radius 2 is 1.81 bits per heavy atom. The maximum atomic E-state index is 13.1. The minimum absolute atomic E-state index is 0.107. The van der Waals surface area contributed by atoms with Gasteiger partial charge in [-0.05, 0) is 44.0 Å². The summed E-state index contributed by atoms with van der Waals surface area (Å²) in [6.07, 6.45) is 3.06. The predicted octanol–water partition coefficient (Wildman–Crippen LogP) is 2.62. The Bertz CT molecular complexity index is 449. The molecule has 1 aromatic carbocycles. The van der Waals surface area contributed by atoms with Gasteiger partial charge in [-0.25, -0.2) is 8.78 Å². The van der Waals surface area contributed by atoms with Gasteiger partial charge in [0.15, 0.2) is 0 Å². The van der Waals surface area contributed by atoms with E-state index in [0.717, 1.165) is 43.9 Å². The molecular formula is C16H23F2NO2. The molecule has 0 amide bonds. The van der Waals surface area contributed by atoms with E-state index in [-0.39, 0.29) is 17.7 Å². The summed E-state index contributed by atoms with van der Waals surface area (Å²) >= 11 is 0. The van der Waals surface area contributed by atoms with Crippen molar-refractivity contribution in [3.8, 4) is 0 Å². The van der Waals surface area contributed by atoms with E-state index in [4.69, 9.17) is 0 Å². The number of rotatable bonds is 5. The van der Waals surface area contributed by atoms with Gasteiger partial charge in [0.2, 0.25) is 0 Å². The molecule has 2 rings (SSSR count). The van der Waals surface area contributed by atoms with Gasteiger partial charge in [0.25, 0.3) is 0 Å². The SMILES string of the molecule is CN(CCC(O)c1cc(F)cc(F)c1)C1CCCCC1O. The van der Waals surface area contributed by atoms with Crippen molar-refractivity contribution in [3.63, 3.8) is 0 Å². The molecule has 0 bridgehead atoms. The first-order chi connectivity index (χ1) is 9.97. The molecule has 0 aliphatic heterocycles. The Morgan fingerprint density at radius 3 is 2.43 bits per heavy atom. The molecule has 0 saturated heterocycles. The van der Waals surface area contributed by atoms with Crippen LogP contribution in [0.5, 0.6) is 0 Å². The molecule has 1 aromatic rings. The number of aliphatic hydroxyl groups excluding tert-OH is 2. The second kappa shape index (κ2) is 7.29. The molecule has 0 radical (unpaired) electrons. The second-order valence-electron chi connectivity index (χ2n) is 5.91. The van der Waals surface area contributed by atoms with Crippen LogP contribution in [-0.2, 0) is 0 Å². The highest BCUT2D eigenvalue weighted by atomic mass is 19.1. The van der Waals surface area contributed by atoms with Gasteiger partial charge in [-0.15, -0.1) is 0 Å². The van der Waals surface area contributed by atoms with E-state index in [2.05, 4.69) is 0 Å². The Hall–Kier alpha value is -1.04. The molecule has 3 nitrogen and oxygen atoms in total. The lowest BCUT2D eigenvalue weighted by atomic mass is 9.91. The van der Waals surface area contributed by atoms with E-state index >= 15 is 0 Å². The Morgan fingerprint density at radius 1 is 1.19 bits per heavy atom.